The van der Waals surface area contributed by atoms with E-state index in [1.165, 1.54) is 26.6 Å². The number of likely N-dealkylation sites (N-methyl/N-ethyl adjacent to an activating group) is 1. The van der Waals surface area contributed by atoms with Crippen molar-refractivity contribution in [2.24, 2.45) is 5.92 Å². The first-order chi connectivity index (χ1) is 8.51. The molecule has 0 amide bonds. The van der Waals surface area contributed by atoms with Crippen LogP contribution in [0.5, 0.6) is 0 Å². The Labute approximate surface area is 110 Å². The highest BCUT2D eigenvalue weighted by Crippen LogP contribution is 2.18. The Balaban J connectivity index is 2.13. The number of likely N-dealkylation sites (tertiary alicyclic amines) is 1. The van der Waals surface area contributed by atoms with Crippen LogP contribution in [-0.2, 0) is 9.53 Å². The number of esters is 1. The molecule has 0 saturated carbocycles. The average molecular weight is 258 g/mol. The minimum absolute atomic E-state index is 0.0764. The highest BCUT2D eigenvalue weighted by molar-refractivity contribution is 5.69. The Bertz CT molecular complexity index is 261. The summed E-state index contributed by atoms with van der Waals surface area (Å²) in [5.41, 5.74) is 0. The Morgan fingerprint density at radius 3 is 2.89 bits per heavy atom. The molecule has 2 atom stereocenters. The highest BCUT2D eigenvalue weighted by Gasteiger charge is 2.20. The summed E-state index contributed by atoms with van der Waals surface area (Å²) in [4.78, 5) is 15.4. The molecule has 1 heterocycles. The zero-order valence-electron chi connectivity index (χ0n) is 11.8. The minimum atomic E-state index is -0.631. The predicted octanol–water partition coefficient (Wildman–Crippen LogP) is 0.184. The summed E-state index contributed by atoms with van der Waals surface area (Å²) in [6.45, 7) is 3.87. The van der Waals surface area contributed by atoms with Gasteiger partial charge < -0.3 is 19.6 Å². The molecule has 0 aromatic carbocycles. The molecule has 5 heteroatoms. The molecule has 18 heavy (non-hydrogen) atoms. The van der Waals surface area contributed by atoms with Gasteiger partial charge in [0.05, 0.1) is 19.6 Å². The monoisotopic (exact) mass is 258 g/mol. The first-order valence-electron chi connectivity index (χ1n) is 6.63. The van der Waals surface area contributed by atoms with Crippen LogP contribution in [0.4, 0.5) is 0 Å². The van der Waals surface area contributed by atoms with Gasteiger partial charge in [-0.15, -0.1) is 0 Å². The molecule has 0 aromatic rings. The van der Waals surface area contributed by atoms with E-state index in [1.54, 1.807) is 0 Å². The van der Waals surface area contributed by atoms with Gasteiger partial charge in [0, 0.05) is 13.1 Å². The molecule has 1 N–H and O–H groups in total. The van der Waals surface area contributed by atoms with Crippen molar-refractivity contribution in [3.8, 4) is 0 Å². The van der Waals surface area contributed by atoms with E-state index in [2.05, 4.69) is 21.6 Å². The molecule has 2 unspecified atom stereocenters. The first-order valence-corrected chi connectivity index (χ1v) is 6.63. The van der Waals surface area contributed by atoms with Gasteiger partial charge in [0.2, 0.25) is 0 Å². The van der Waals surface area contributed by atoms with Crippen LogP contribution in [0.15, 0.2) is 0 Å². The SMILES string of the molecule is COC(=O)CC(O)CN(C)CCC1CCN(C)C1. The van der Waals surface area contributed by atoms with E-state index in [1.807, 2.05) is 7.05 Å². The molecular formula is C13H26N2O3. The third kappa shape index (κ3) is 5.80. The second-order valence-corrected chi connectivity index (χ2v) is 5.40. The number of nitrogens with zero attached hydrogens (tertiary/aromatic N) is 2. The third-order valence-corrected chi connectivity index (χ3v) is 3.56. The number of aliphatic hydroxyl groups excluding tert-OH is 1. The number of methoxy groups -OCH3 is 1. The molecule has 1 aliphatic rings. The van der Waals surface area contributed by atoms with E-state index in [9.17, 15) is 9.90 Å². The molecule has 0 bridgehead atoms. The van der Waals surface area contributed by atoms with E-state index in [0.29, 0.717) is 6.54 Å². The fourth-order valence-electron chi connectivity index (χ4n) is 2.46. The zero-order chi connectivity index (χ0) is 13.5. The summed E-state index contributed by atoms with van der Waals surface area (Å²) in [5.74, 6) is 0.420. The van der Waals surface area contributed by atoms with Crippen LogP contribution in [0.1, 0.15) is 19.3 Å². The average Bonchev–Trinajstić information content (AvgIpc) is 2.72. The van der Waals surface area contributed by atoms with Crippen molar-refractivity contribution in [3.05, 3.63) is 0 Å². The van der Waals surface area contributed by atoms with Gasteiger partial charge >= 0.3 is 5.97 Å². The van der Waals surface area contributed by atoms with Crippen molar-refractivity contribution < 1.29 is 14.6 Å². The van der Waals surface area contributed by atoms with Crippen LogP contribution in [0, 0.1) is 5.92 Å². The number of hydrogen-bond acceptors (Lipinski definition) is 5. The lowest BCUT2D eigenvalue weighted by Crippen LogP contribution is -2.32. The lowest BCUT2D eigenvalue weighted by Gasteiger charge is -2.21. The lowest BCUT2D eigenvalue weighted by molar-refractivity contribution is -0.143. The number of carbonyl (C=O) groups is 1. The summed E-state index contributed by atoms with van der Waals surface area (Å²) in [6, 6.07) is 0. The van der Waals surface area contributed by atoms with Gasteiger partial charge in [0.1, 0.15) is 0 Å². The van der Waals surface area contributed by atoms with E-state index >= 15 is 0 Å². The van der Waals surface area contributed by atoms with Crippen LogP contribution >= 0.6 is 0 Å². The van der Waals surface area contributed by atoms with Crippen LogP contribution in [0.2, 0.25) is 0 Å². The van der Waals surface area contributed by atoms with Crippen LogP contribution in [0.3, 0.4) is 0 Å². The maximum Gasteiger partial charge on any atom is 0.308 e. The summed E-state index contributed by atoms with van der Waals surface area (Å²) in [5, 5.41) is 9.70. The van der Waals surface area contributed by atoms with Crippen molar-refractivity contribution in [2.75, 3.05) is 47.4 Å². The molecule has 0 spiro atoms. The molecule has 106 valence electrons. The van der Waals surface area contributed by atoms with E-state index in [0.717, 1.165) is 18.9 Å². The summed E-state index contributed by atoms with van der Waals surface area (Å²) in [6.07, 6.45) is 1.88. The summed E-state index contributed by atoms with van der Waals surface area (Å²) >= 11 is 0. The minimum Gasteiger partial charge on any atom is -0.469 e. The van der Waals surface area contributed by atoms with Crippen LogP contribution in [0.25, 0.3) is 0 Å². The van der Waals surface area contributed by atoms with E-state index in [4.69, 9.17) is 0 Å². The van der Waals surface area contributed by atoms with Crippen molar-refractivity contribution in [3.63, 3.8) is 0 Å². The second-order valence-electron chi connectivity index (χ2n) is 5.40. The number of rotatable bonds is 7. The van der Waals surface area contributed by atoms with Crippen molar-refractivity contribution in [2.45, 2.75) is 25.4 Å². The fourth-order valence-corrected chi connectivity index (χ4v) is 2.46. The Kier molecular flexibility index (Phi) is 6.60. The Morgan fingerprint density at radius 1 is 1.61 bits per heavy atom. The van der Waals surface area contributed by atoms with Gasteiger partial charge in [-0.3, -0.25) is 4.79 Å². The lowest BCUT2D eigenvalue weighted by atomic mass is 10.0. The number of hydrogen-bond donors (Lipinski definition) is 1. The number of ether oxygens (including phenoxy) is 1. The molecule has 1 rings (SSSR count). The molecule has 1 aliphatic heterocycles. The van der Waals surface area contributed by atoms with Gasteiger partial charge in [-0.25, -0.2) is 0 Å². The Hall–Kier alpha value is -0.650. The smallest absolute Gasteiger partial charge is 0.308 e. The Morgan fingerprint density at radius 2 is 2.33 bits per heavy atom. The topological polar surface area (TPSA) is 53.0 Å². The molecule has 1 saturated heterocycles. The molecule has 0 radical (unpaired) electrons. The third-order valence-electron chi connectivity index (χ3n) is 3.56. The number of aliphatic hydroxyl groups is 1. The second kappa shape index (κ2) is 7.71. The highest BCUT2D eigenvalue weighted by atomic mass is 16.5. The zero-order valence-corrected chi connectivity index (χ0v) is 11.8. The largest absolute Gasteiger partial charge is 0.469 e. The number of carbonyl (C=O) groups excluding carboxylic acids is 1. The van der Waals surface area contributed by atoms with Gasteiger partial charge in [-0.05, 0) is 45.9 Å². The summed E-state index contributed by atoms with van der Waals surface area (Å²) in [7, 11) is 5.48. The maximum atomic E-state index is 11.0. The van der Waals surface area contributed by atoms with Crippen LogP contribution in [-0.4, -0.2) is 74.4 Å². The molecule has 0 aliphatic carbocycles. The maximum absolute atomic E-state index is 11.0. The van der Waals surface area contributed by atoms with Gasteiger partial charge in [0.25, 0.3) is 0 Å². The molecule has 1 fully saturated rings. The van der Waals surface area contributed by atoms with Gasteiger partial charge in [-0.2, -0.15) is 0 Å². The van der Waals surface area contributed by atoms with Crippen molar-refractivity contribution in [1.82, 2.24) is 9.80 Å². The molecular weight excluding hydrogens is 232 g/mol. The van der Waals surface area contributed by atoms with Gasteiger partial charge in [-0.1, -0.05) is 0 Å². The first kappa shape index (κ1) is 15.4. The van der Waals surface area contributed by atoms with E-state index in [-0.39, 0.29) is 12.4 Å². The quantitative estimate of drug-likeness (QED) is 0.660. The fraction of sp³-hybridized carbons (Fsp3) is 0.923. The normalized spacial score (nSPS) is 22.4. The van der Waals surface area contributed by atoms with E-state index < -0.39 is 6.10 Å². The standard InChI is InChI=1S/C13H26N2O3/c1-14-6-4-11(9-14)5-7-15(2)10-12(16)8-13(17)18-3/h11-12,16H,4-10H2,1-3H3. The summed E-state index contributed by atoms with van der Waals surface area (Å²) < 4.78 is 4.53. The predicted molar refractivity (Wildman–Crippen MR) is 70.4 cm³/mol. The molecule has 0 aromatic heterocycles. The van der Waals surface area contributed by atoms with Gasteiger partial charge in [0.15, 0.2) is 0 Å². The van der Waals surface area contributed by atoms with Crippen LogP contribution < -0.4 is 0 Å². The van der Waals surface area contributed by atoms with Crippen molar-refractivity contribution in [1.29, 1.82) is 0 Å². The van der Waals surface area contributed by atoms with Crippen molar-refractivity contribution >= 4 is 5.97 Å². The molecule has 5 nitrogen and oxygen atoms in total.